The minimum Gasteiger partial charge on any atom is -0.393 e. The van der Waals surface area contributed by atoms with E-state index in [1.165, 1.54) is 0 Å². The molecule has 0 bridgehead atoms. The molecule has 252 valence electrons. The largest absolute Gasteiger partial charge is 0.397 e. The molecule has 0 radical (unpaired) electrons. The second-order valence-corrected chi connectivity index (χ2v) is 16.4. The van der Waals surface area contributed by atoms with E-state index in [-0.39, 0.29) is 52.4 Å². The van der Waals surface area contributed by atoms with Gasteiger partial charge in [-0.05, 0) is 162 Å². The van der Waals surface area contributed by atoms with E-state index in [1.54, 1.807) is 0 Å². The maximum absolute atomic E-state index is 12.0. The van der Waals surface area contributed by atoms with Crippen LogP contribution in [0.3, 0.4) is 0 Å². The Morgan fingerprint density at radius 3 is 2.40 bits per heavy atom. The van der Waals surface area contributed by atoms with Crippen molar-refractivity contribution < 1.29 is 26.4 Å². The van der Waals surface area contributed by atoms with Gasteiger partial charge in [0.15, 0.2) is 0 Å². The second-order valence-electron chi connectivity index (χ2n) is 15.3. The Balaban J connectivity index is 1.43. The van der Waals surface area contributed by atoms with Gasteiger partial charge in [-0.1, -0.05) is 34.6 Å². The smallest absolute Gasteiger partial charge is 0.393 e. The highest BCUT2D eigenvalue weighted by atomic mass is 32.3. The third-order valence-electron chi connectivity index (χ3n) is 12.4. The van der Waals surface area contributed by atoms with Gasteiger partial charge in [0.2, 0.25) is 0 Å². The molecule has 4 aliphatic rings. The first-order valence-electron chi connectivity index (χ1n) is 18.9. The molecule has 11 atom stereocenters. The van der Waals surface area contributed by atoms with Crippen molar-refractivity contribution in [3.63, 3.8) is 0 Å². The van der Waals surface area contributed by atoms with E-state index in [4.69, 9.17) is 9.92 Å². The summed E-state index contributed by atoms with van der Waals surface area (Å²) in [6, 6.07) is 0.223. The summed E-state index contributed by atoms with van der Waals surface area (Å²) in [6.07, 6.45) is 6.66. The van der Waals surface area contributed by atoms with Crippen LogP contribution in [0.1, 0.15) is 122 Å². The molecule has 4 fully saturated rings. The van der Waals surface area contributed by atoms with E-state index < -0.39 is 34.9 Å². The Labute approximate surface area is 267 Å². The van der Waals surface area contributed by atoms with E-state index in [2.05, 4.69) is 31.4 Å². The van der Waals surface area contributed by atoms with E-state index in [0.717, 1.165) is 90.4 Å². The van der Waals surface area contributed by atoms with Crippen molar-refractivity contribution in [3.05, 3.63) is 0 Å². The van der Waals surface area contributed by atoms with Gasteiger partial charge in [-0.25, -0.2) is 4.18 Å². The molecular formula is C34H65N3O5S. The number of aliphatic hydroxyl groups is 1. The van der Waals surface area contributed by atoms with Gasteiger partial charge < -0.3 is 21.5 Å². The number of nitrogens with two attached hydrogens (primary N) is 1. The van der Waals surface area contributed by atoms with Crippen LogP contribution in [-0.4, -0.2) is 62.5 Å². The fourth-order valence-electron chi connectivity index (χ4n) is 9.86. The highest BCUT2D eigenvalue weighted by Crippen LogP contribution is 2.68. The van der Waals surface area contributed by atoms with Gasteiger partial charge in [0.05, 0.1) is 12.2 Å². The topological polar surface area (TPSA) is 134 Å². The Hall–Kier alpha value is -0.290. The molecule has 8 nitrogen and oxygen atoms in total. The van der Waals surface area contributed by atoms with Crippen LogP contribution in [0.15, 0.2) is 0 Å². The molecule has 4 rings (SSSR count). The third-order valence-corrected chi connectivity index (χ3v) is 12.8. The predicted octanol–water partition coefficient (Wildman–Crippen LogP) is 5.55. The van der Waals surface area contributed by atoms with Crippen molar-refractivity contribution in [2.75, 3.05) is 26.2 Å². The summed E-state index contributed by atoms with van der Waals surface area (Å²) in [6.45, 7) is 14.0. The van der Waals surface area contributed by atoms with Gasteiger partial charge >= 0.3 is 10.4 Å². The van der Waals surface area contributed by atoms with Crippen molar-refractivity contribution in [1.82, 2.24) is 10.6 Å². The summed E-state index contributed by atoms with van der Waals surface area (Å²) in [5.74, 6) is -1.24. The maximum atomic E-state index is 12.0. The van der Waals surface area contributed by atoms with Gasteiger partial charge in [0.25, 0.3) is 0 Å². The molecular weight excluding hydrogens is 562 g/mol. The average Bonchev–Trinajstić information content (AvgIpc) is 3.33. The van der Waals surface area contributed by atoms with Crippen molar-refractivity contribution >= 4 is 10.4 Å². The zero-order valence-corrected chi connectivity index (χ0v) is 28.4. The zero-order valence-electron chi connectivity index (χ0n) is 30.6. The van der Waals surface area contributed by atoms with Crippen molar-refractivity contribution in [2.45, 2.75) is 136 Å². The summed E-state index contributed by atoms with van der Waals surface area (Å²) < 4.78 is 66.1. The fraction of sp³-hybridized carbons (Fsp3) is 1.00. The third kappa shape index (κ3) is 8.36. The Morgan fingerprint density at radius 2 is 1.70 bits per heavy atom. The van der Waals surface area contributed by atoms with Crippen LogP contribution in [0.2, 0.25) is 0 Å². The van der Waals surface area contributed by atoms with Crippen LogP contribution in [0.5, 0.6) is 0 Å². The summed E-state index contributed by atoms with van der Waals surface area (Å²) >= 11 is 0. The molecule has 0 aromatic rings. The molecule has 0 amide bonds. The van der Waals surface area contributed by atoms with Gasteiger partial charge in [-0.15, -0.1) is 0 Å². The zero-order chi connectivity index (χ0) is 34.1. The van der Waals surface area contributed by atoms with Gasteiger partial charge in [-0.2, -0.15) is 8.42 Å². The monoisotopic (exact) mass is 630 g/mol. The van der Waals surface area contributed by atoms with Crippen LogP contribution < -0.4 is 16.4 Å². The van der Waals surface area contributed by atoms with Gasteiger partial charge in [-0.3, -0.25) is 4.55 Å². The van der Waals surface area contributed by atoms with Crippen molar-refractivity contribution in [2.24, 2.45) is 58.0 Å². The summed E-state index contributed by atoms with van der Waals surface area (Å²) in [7, 11) is -4.53. The lowest BCUT2D eigenvalue weighted by Gasteiger charge is -2.62. The van der Waals surface area contributed by atoms with E-state index in [1.807, 2.05) is 13.8 Å². The number of aliphatic hydroxyl groups excluding tert-OH is 1. The first-order chi connectivity index (χ1) is 21.4. The highest BCUT2D eigenvalue weighted by Gasteiger charge is 2.62. The highest BCUT2D eigenvalue weighted by molar-refractivity contribution is 7.80. The molecule has 4 saturated carbocycles. The Bertz CT molecular complexity index is 1120. The quantitative estimate of drug-likeness (QED) is 0.111. The average molecular weight is 631 g/mol. The lowest BCUT2D eigenvalue weighted by Crippen LogP contribution is -2.59. The fourth-order valence-corrected chi connectivity index (χ4v) is 10.5. The standard InChI is InChI=1S/C34H65N3O5S/c1-23(2)31(42-43(39,40)41)12-9-24(3)27-10-11-28-32-29(14-16-34(27,28)5)33(4)15-13-26(21-25(33)22-30(32)38)37-20-8-19-36-18-7-6-17-35/h23-32,36-38H,6-22,35H2,1-5H3,(H,39,40,41)/t24-,25-,26+,27-,28?,29?,30-,31-,32+,33+,34-/m1/s1/i22D2,32D. The molecule has 0 saturated heterocycles. The molecule has 6 N–H and O–H groups in total. The number of rotatable bonds is 16. The Morgan fingerprint density at radius 1 is 1.00 bits per heavy atom. The lowest BCUT2D eigenvalue weighted by molar-refractivity contribution is -0.167. The molecule has 9 heteroatoms. The minimum atomic E-state index is -4.53. The first kappa shape index (κ1) is 31.3. The molecule has 0 aliphatic heterocycles. The van der Waals surface area contributed by atoms with Crippen molar-refractivity contribution in [1.29, 1.82) is 0 Å². The summed E-state index contributed by atoms with van der Waals surface area (Å²) in [5.41, 5.74) is 5.03. The van der Waals surface area contributed by atoms with Crippen LogP contribution in [0.4, 0.5) is 0 Å². The summed E-state index contributed by atoms with van der Waals surface area (Å²) in [5, 5.41) is 19.2. The van der Waals surface area contributed by atoms with E-state index in [0.29, 0.717) is 12.8 Å². The SMILES string of the molecule is [2H]C1([2H])[C@@H](O)[C@@]2([2H])C3CC[C@H]([C@H](C)CC[C@@H](OS(=O)(=O)O)C(C)C)[C@@]3(C)CCC2[C@@]2(C)CC[C@H](NCCCNCCCCN)C[C@H]12. The molecule has 0 spiro atoms. The van der Waals surface area contributed by atoms with Crippen LogP contribution in [0, 0.1) is 52.2 Å². The Kier molecular flexibility index (Phi) is 11.0. The molecule has 2 unspecified atom stereocenters. The van der Waals surface area contributed by atoms with Crippen LogP contribution in [-0.2, 0) is 14.6 Å². The minimum absolute atomic E-state index is 0.0527. The number of hydrogen-bond acceptors (Lipinski definition) is 7. The number of unbranched alkanes of at least 4 members (excludes halogenated alkanes) is 1. The normalized spacial score (nSPS) is 43.1. The van der Waals surface area contributed by atoms with E-state index in [9.17, 15) is 22.2 Å². The lowest BCUT2D eigenvalue weighted by atomic mass is 9.43. The maximum Gasteiger partial charge on any atom is 0.397 e. The molecule has 43 heavy (non-hydrogen) atoms. The molecule has 4 aliphatic carbocycles. The van der Waals surface area contributed by atoms with Crippen LogP contribution >= 0.6 is 0 Å². The number of fused-ring (bicyclic) bond motifs is 5. The predicted molar refractivity (Wildman–Crippen MR) is 174 cm³/mol. The van der Waals surface area contributed by atoms with Crippen molar-refractivity contribution in [3.8, 4) is 0 Å². The van der Waals surface area contributed by atoms with Gasteiger partial charge in [0, 0.05) is 10.2 Å². The second kappa shape index (κ2) is 15.1. The molecule has 0 aromatic heterocycles. The molecule has 0 heterocycles. The van der Waals surface area contributed by atoms with Crippen LogP contribution in [0.25, 0.3) is 0 Å². The number of nitrogens with one attached hydrogen (secondary N) is 2. The van der Waals surface area contributed by atoms with Gasteiger partial charge in [0.1, 0.15) is 0 Å². The number of hydrogen-bond donors (Lipinski definition) is 5. The summed E-state index contributed by atoms with van der Waals surface area (Å²) in [4.78, 5) is 0. The van der Waals surface area contributed by atoms with E-state index >= 15 is 0 Å². The molecule has 0 aromatic carbocycles. The first-order valence-corrected chi connectivity index (χ1v) is 18.8.